The number of carboxylic acids is 1. The second kappa shape index (κ2) is 5.81. The van der Waals surface area contributed by atoms with Crippen LogP contribution in [0.1, 0.15) is 22.2 Å². The molecule has 116 valence electrons. The van der Waals surface area contributed by atoms with Crippen LogP contribution in [-0.2, 0) is 4.79 Å². The molecule has 0 aliphatic heterocycles. The number of rotatable bonds is 3. The van der Waals surface area contributed by atoms with E-state index in [1.807, 2.05) is 19.1 Å². The van der Waals surface area contributed by atoms with Crippen molar-refractivity contribution in [1.29, 1.82) is 0 Å². The van der Waals surface area contributed by atoms with E-state index in [1.165, 1.54) is 6.92 Å². The number of carbonyl (C=O) groups is 2. The molecule has 23 heavy (non-hydrogen) atoms. The summed E-state index contributed by atoms with van der Waals surface area (Å²) < 4.78 is 0. The molecule has 0 aliphatic rings. The number of carbonyl (C=O) groups excluding carboxylic acids is 1. The summed E-state index contributed by atoms with van der Waals surface area (Å²) in [5.74, 6) is -1.19. The number of anilines is 1. The molecular formula is C17H14N2O3S. The van der Waals surface area contributed by atoms with Crippen molar-refractivity contribution in [2.24, 2.45) is 0 Å². The van der Waals surface area contributed by atoms with Crippen molar-refractivity contribution in [3.8, 4) is 10.6 Å². The smallest absolute Gasteiger partial charge is 0.336 e. The largest absolute Gasteiger partial charge is 0.478 e. The summed E-state index contributed by atoms with van der Waals surface area (Å²) in [7, 11) is 0. The van der Waals surface area contributed by atoms with E-state index < -0.39 is 5.97 Å². The van der Waals surface area contributed by atoms with Crippen molar-refractivity contribution >= 4 is 39.8 Å². The van der Waals surface area contributed by atoms with E-state index in [9.17, 15) is 14.7 Å². The highest BCUT2D eigenvalue weighted by atomic mass is 32.1. The number of aromatic nitrogens is 1. The maximum Gasteiger partial charge on any atom is 0.336 e. The maximum atomic E-state index is 11.6. The van der Waals surface area contributed by atoms with Crippen LogP contribution in [0, 0.1) is 6.92 Å². The lowest BCUT2D eigenvalue weighted by Crippen LogP contribution is -2.06. The van der Waals surface area contributed by atoms with Crippen molar-refractivity contribution in [2.45, 2.75) is 13.8 Å². The Morgan fingerprint density at radius 1 is 1.17 bits per heavy atom. The van der Waals surface area contributed by atoms with Crippen molar-refractivity contribution in [2.75, 3.05) is 5.32 Å². The lowest BCUT2D eigenvalue weighted by atomic mass is 10.1. The molecule has 2 heterocycles. The third-order valence-corrected chi connectivity index (χ3v) is 4.38. The van der Waals surface area contributed by atoms with Gasteiger partial charge in [-0.3, -0.25) is 4.79 Å². The predicted molar refractivity (Wildman–Crippen MR) is 91.1 cm³/mol. The third kappa shape index (κ3) is 3.07. The topological polar surface area (TPSA) is 79.3 Å². The molecule has 3 aromatic rings. The Labute approximate surface area is 136 Å². The maximum absolute atomic E-state index is 11.6. The molecule has 0 atom stereocenters. The Bertz CT molecular complexity index is 931. The predicted octanol–water partition coefficient (Wildman–Crippen LogP) is 3.93. The fourth-order valence-corrected chi connectivity index (χ4v) is 3.21. The van der Waals surface area contributed by atoms with E-state index in [0.29, 0.717) is 22.3 Å². The van der Waals surface area contributed by atoms with Crippen molar-refractivity contribution in [1.82, 2.24) is 4.98 Å². The first-order valence-electron chi connectivity index (χ1n) is 6.96. The number of carboxylic acid groups (broad SMARTS) is 1. The average Bonchev–Trinajstić information content (AvgIpc) is 2.91. The number of nitrogens with one attached hydrogen (secondary N) is 1. The second-order valence-electron chi connectivity index (χ2n) is 5.18. The van der Waals surface area contributed by atoms with Crippen molar-refractivity contribution < 1.29 is 14.7 Å². The van der Waals surface area contributed by atoms with E-state index in [-0.39, 0.29) is 11.5 Å². The molecule has 0 radical (unpaired) electrons. The van der Waals surface area contributed by atoms with Gasteiger partial charge in [0.25, 0.3) is 0 Å². The summed E-state index contributed by atoms with van der Waals surface area (Å²) in [5, 5.41) is 12.7. The molecule has 3 rings (SSSR count). The summed E-state index contributed by atoms with van der Waals surface area (Å²) in [6.07, 6.45) is 0. The molecule has 2 N–H and O–H groups in total. The van der Waals surface area contributed by atoms with Crippen LogP contribution < -0.4 is 5.32 Å². The average molecular weight is 326 g/mol. The Hall–Kier alpha value is -2.73. The molecule has 0 saturated heterocycles. The first-order chi connectivity index (χ1) is 10.9. The fourth-order valence-electron chi connectivity index (χ4n) is 2.38. The Morgan fingerprint density at radius 2 is 1.96 bits per heavy atom. The van der Waals surface area contributed by atoms with Gasteiger partial charge in [0.2, 0.25) is 5.91 Å². The molecule has 6 heteroatoms. The number of hydrogen-bond donors (Lipinski definition) is 2. The van der Waals surface area contributed by atoms with Gasteiger partial charge in [-0.05, 0) is 43.3 Å². The van der Waals surface area contributed by atoms with Crippen LogP contribution in [0.5, 0.6) is 0 Å². The Kier molecular flexibility index (Phi) is 3.83. The number of hydrogen-bond acceptors (Lipinski definition) is 4. The fraction of sp³-hybridized carbons (Fsp3) is 0.118. The number of benzene rings is 1. The number of aromatic carboxylic acids is 1. The SMILES string of the molecule is CC(=O)Nc1ccc2c(C(=O)O)cc(-c3ccc(C)s3)nc2c1. The van der Waals surface area contributed by atoms with E-state index in [2.05, 4.69) is 10.3 Å². The van der Waals surface area contributed by atoms with Gasteiger partial charge in [0.15, 0.2) is 0 Å². The highest BCUT2D eigenvalue weighted by molar-refractivity contribution is 7.15. The number of pyridine rings is 1. The minimum absolute atomic E-state index is 0.187. The Balaban J connectivity index is 2.22. The van der Waals surface area contributed by atoms with Crippen LogP contribution in [0.25, 0.3) is 21.5 Å². The molecular weight excluding hydrogens is 312 g/mol. The number of amides is 1. The van der Waals surface area contributed by atoms with Gasteiger partial charge in [-0.1, -0.05) is 0 Å². The first kappa shape index (κ1) is 15.2. The normalized spacial score (nSPS) is 10.7. The second-order valence-corrected chi connectivity index (χ2v) is 6.47. The highest BCUT2D eigenvalue weighted by Crippen LogP contribution is 2.30. The van der Waals surface area contributed by atoms with Gasteiger partial charge < -0.3 is 10.4 Å². The van der Waals surface area contributed by atoms with E-state index in [4.69, 9.17) is 0 Å². The number of nitrogens with zero attached hydrogens (tertiary/aromatic N) is 1. The van der Waals surface area contributed by atoms with Gasteiger partial charge >= 0.3 is 5.97 Å². The molecule has 0 bridgehead atoms. The summed E-state index contributed by atoms with van der Waals surface area (Å²) in [4.78, 5) is 29.4. The van der Waals surface area contributed by atoms with Crippen LogP contribution in [0.2, 0.25) is 0 Å². The molecule has 0 spiro atoms. The molecule has 1 aromatic carbocycles. The molecule has 0 aliphatic carbocycles. The van der Waals surface area contributed by atoms with E-state index in [1.54, 1.807) is 35.6 Å². The third-order valence-electron chi connectivity index (χ3n) is 3.35. The standard InChI is InChI=1S/C17H14N2O3S/c1-9-3-6-16(23-9)15-8-13(17(21)22)12-5-4-11(18-10(2)20)7-14(12)19-15/h3-8H,1-2H3,(H,18,20)(H,21,22). The number of aryl methyl sites for hydroxylation is 1. The van der Waals surface area contributed by atoms with Gasteiger partial charge in [0, 0.05) is 22.9 Å². The van der Waals surface area contributed by atoms with Crippen LogP contribution in [0.15, 0.2) is 36.4 Å². The zero-order chi connectivity index (χ0) is 16.6. The Morgan fingerprint density at radius 3 is 2.57 bits per heavy atom. The van der Waals surface area contributed by atoms with Crippen molar-refractivity contribution in [3.05, 3.63) is 46.8 Å². The number of fused-ring (bicyclic) bond motifs is 1. The first-order valence-corrected chi connectivity index (χ1v) is 7.78. The molecule has 5 nitrogen and oxygen atoms in total. The monoisotopic (exact) mass is 326 g/mol. The van der Waals surface area contributed by atoms with E-state index >= 15 is 0 Å². The summed E-state index contributed by atoms with van der Waals surface area (Å²) in [6.45, 7) is 3.41. The molecule has 0 fully saturated rings. The number of thiophene rings is 1. The van der Waals surface area contributed by atoms with Gasteiger partial charge in [0.05, 0.1) is 21.7 Å². The zero-order valence-electron chi connectivity index (χ0n) is 12.6. The summed E-state index contributed by atoms with van der Waals surface area (Å²) in [5.41, 5.74) is 1.95. The van der Waals surface area contributed by atoms with Crippen LogP contribution >= 0.6 is 11.3 Å². The van der Waals surface area contributed by atoms with Gasteiger partial charge in [0.1, 0.15) is 0 Å². The van der Waals surface area contributed by atoms with E-state index in [0.717, 1.165) is 9.75 Å². The van der Waals surface area contributed by atoms with Crippen LogP contribution in [-0.4, -0.2) is 22.0 Å². The van der Waals surface area contributed by atoms with Gasteiger partial charge in [-0.15, -0.1) is 11.3 Å². The van der Waals surface area contributed by atoms with Crippen molar-refractivity contribution in [3.63, 3.8) is 0 Å². The van der Waals surface area contributed by atoms with Crippen LogP contribution in [0.3, 0.4) is 0 Å². The van der Waals surface area contributed by atoms with Gasteiger partial charge in [-0.2, -0.15) is 0 Å². The lowest BCUT2D eigenvalue weighted by molar-refractivity contribution is -0.114. The summed E-state index contributed by atoms with van der Waals surface area (Å²) >= 11 is 1.56. The minimum Gasteiger partial charge on any atom is -0.478 e. The molecule has 2 aromatic heterocycles. The van der Waals surface area contributed by atoms with Crippen LogP contribution in [0.4, 0.5) is 5.69 Å². The molecule has 0 unspecified atom stereocenters. The summed E-state index contributed by atoms with van der Waals surface area (Å²) in [6, 6.07) is 10.5. The highest BCUT2D eigenvalue weighted by Gasteiger charge is 2.14. The minimum atomic E-state index is -1.00. The lowest BCUT2D eigenvalue weighted by Gasteiger charge is -2.08. The zero-order valence-corrected chi connectivity index (χ0v) is 13.4. The van der Waals surface area contributed by atoms with Gasteiger partial charge in [-0.25, -0.2) is 9.78 Å². The molecule has 1 amide bonds. The quantitative estimate of drug-likeness (QED) is 0.764. The molecule has 0 saturated carbocycles.